The number of benzene rings is 2. The van der Waals surface area contributed by atoms with Gasteiger partial charge in [0.2, 0.25) is 0 Å². The Morgan fingerprint density at radius 3 is 2.29 bits per heavy atom. The molecular weight excluding hydrogens is 344 g/mol. The van der Waals surface area contributed by atoms with Crippen LogP contribution in [0.25, 0.3) is 0 Å². The van der Waals surface area contributed by atoms with Crippen LogP contribution in [0.5, 0.6) is 0 Å². The normalized spacial score (nSPS) is 12.4. The van der Waals surface area contributed by atoms with Crippen molar-refractivity contribution < 1.29 is 0 Å². The van der Waals surface area contributed by atoms with E-state index in [1.54, 1.807) is 0 Å². The van der Waals surface area contributed by atoms with Crippen LogP contribution in [0.3, 0.4) is 0 Å². The van der Waals surface area contributed by atoms with Gasteiger partial charge in [-0.15, -0.1) is 0 Å². The molecule has 3 aromatic rings. The number of rotatable bonds is 8. The summed E-state index contributed by atoms with van der Waals surface area (Å²) in [6.07, 6.45) is 3.69. The first kappa shape index (κ1) is 19.6. The molecule has 1 heterocycles. The standard InChI is InChI=1S/C24H28N4/c1-25-24(27-17-15-23-14-8-9-16-26-23)28-19-22(21-12-6-3-7-13-21)18-20-10-4-2-5-11-20/h2-14,16,22H,15,17-19H2,1H3,(H2,25,27,28). The van der Waals surface area contributed by atoms with Crippen molar-refractivity contribution in [1.29, 1.82) is 0 Å². The van der Waals surface area contributed by atoms with Gasteiger partial charge in [0.1, 0.15) is 0 Å². The summed E-state index contributed by atoms with van der Waals surface area (Å²) in [5.41, 5.74) is 3.76. The Kier molecular flexibility index (Phi) is 7.62. The Bertz CT molecular complexity index is 832. The Morgan fingerprint density at radius 2 is 1.61 bits per heavy atom. The van der Waals surface area contributed by atoms with Crippen LogP contribution in [0, 0.1) is 0 Å². The Balaban J connectivity index is 1.57. The van der Waals surface area contributed by atoms with E-state index in [1.165, 1.54) is 11.1 Å². The Labute approximate surface area is 167 Å². The molecule has 0 saturated heterocycles. The summed E-state index contributed by atoms with van der Waals surface area (Å²) in [4.78, 5) is 8.73. The zero-order valence-corrected chi connectivity index (χ0v) is 16.4. The molecule has 4 heteroatoms. The molecular formula is C24H28N4. The van der Waals surface area contributed by atoms with Gasteiger partial charge in [0, 0.05) is 44.4 Å². The van der Waals surface area contributed by atoms with Crippen molar-refractivity contribution >= 4 is 5.96 Å². The molecule has 0 bridgehead atoms. The second kappa shape index (κ2) is 10.9. The largest absolute Gasteiger partial charge is 0.356 e. The van der Waals surface area contributed by atoms with Gasteiger partial charge in [0.25, 0.3) is 0 Å². The zero-order chi connectivity index (χ0) is 19.4. The van der Waals surface area contributed by atoms with Crippen molar-refractivity contribution in [2.24, 2.45) is 4.99 Å². The molecule has 0 aliphatic rings. The van der Waals surface area contributed by atoms with Gasteiger partial charge in [0.05, 0.1) is 0 Å². The van der Waals surface area contributed by atoms with Crippen molar-refractivity contribution in [2.45, 2.75) is 18.8 Å². The summed E-state index contributed by atoms with van der Waals surface area (Å²) in [6.45, 7) is 1.62. The summed E-state index contributed by atoms with van der Waals surface area (Å²) in [6, 6.07) is 27.3. The van der Waals surface area contributed by atoms with Crippen LogP contribution in [0.1, 0.15) is 22.7 Å². The lowest BCUT2D eigenvalue weighted by Crippen LogP contribution is -2.40. The highest BCUT2D eigenvalue weighted by Gasteiger charge is 2.13. The van der Waals surface area contributed by atoms with Gasteiger partial charge < -0.3 is 10.6 Å². The van der Waals surface area contributed by atoms with Crippen molar-refractivity contribution in [3.05, 3.63) is 102 Å². The van der Waals surface area contributed by atoms with Crippen LogP contribution in [0.4, 0.5) is 0 Å². The first-order valence-electron chi connectivity index (χ1n) is 9.78. The van der Waals surface area contributed by atoms with E-state index in [0.29, 0.717) is 5.92 Å². The van der Waals surface area contributed by atoms with Crippen molar-refractivity contribution in [3.8, 4) is 0 Å². The molecule has 0 aliphatic carbocycles. The molecule has 0 amide bonds. The minimum Gasteiger partial charge on any atom is -0.356 e. The Morgan fingerprint density at radius 1 is 0.893 bits per heavy atom. The molecule has 0 aliphatic heterocycles. The average molecular weight is 373 g/mol. The average Bonchev–Trinajstić information content (AvgIpc) is 2.77. The number of hydrogen-bond acceptors (Lipinski definition) is 2. The maximum atomic E-state index is 4.37. The quantitative estimate of drug-likeness (QED) is 0.467. The monoisotopic (exact) mass is 372 g/mol. The predicted molar refractivity (Wildman–Crippen MR) is 117 cm³/mol. The minimum absolute atomic E-state index is 0.373. The van der Waals surface area contributed by atoms with Gasteiger partial charge in [-0.05, 0) is 29.7 Å². The third kappa shape index (κ3) is 6.23. The summed E-state index contributed by atoms with van der Waals surface area (Å²) in [5.74, 6) is 1.20. The molecule has 3 rings (SSSR count). The summed E-state index contributed by atoms with van der Waals surface area (Å²) in [5, 5.41) is 6.88. The highest BCUT2D eigenvalue weighted by molar-refractivity contribution is 5.79. The molecule has 4 nitrogen and oxygen atoms in total. The SMILES string of the molecule is CN=C(NCCc1ccccn1)NCC(Cc1ccccc1)c1ccccc1. The molecule has 0 spiro atoms. The highest BCUT2D eigenvalue weighted by Crippen LogP contribution is 2.20. The number of nitrogens with one attached hydrogen (secondary N) is 2. The second-order valence-corrected chi connectivity index (χ2v) is 6.75. The predicted octanol–water partition coefficient (Wildman–Crippen LogP) is 3.82. The highest BCUT2D eigenvalue weighted by atomic mass is 15.2. The number of hydrogen-bond donors (Lipinski definition) is 2. The molecule has 0 radical (unpaired) electrons. The second-order valence-electron chi connectivity index (χ2n) is 6.75. The van der Waals surface area contributed by atoms with Crippen LogP contribution in [0.15, 0.2) is 90.1 Å². The lowest BCUT2D eigenvalue weighted by atomic mass is 9.92. The minimum atomic E-state index is 0.373. The number of pyridine rings is 1. The molecule has 0 saturated carbocycles. The van der Waals surface area contributed by atoms with Gasteiger partial charge >= 0.3 is 0 Å². The van der Waals surface area contributed by atoms with Crippen LogP contribution < -0.4 is 10.6 Å². The topological polar surface area (TPSA) is 49.3 Å². The first-order valence-corrected chi connectivity index (χ1v) is 9.78. The van der Waals surface area contributed by atoms with E-state index in [1.807, 2.05) is 31.4 Å². The first-order chi connectivity index (χ1) is 13.8. The van der Waals surface area contributed by atoms with Gasteiger partial charge in [-0.1, -0.05) is 66.7 Å². The van der Waals surface area contributed by atoms with E-state index in [-0.39, 0.29) is 0 Å². The molecule has 28 heavy (non-hydrogen) atoms. The van der Waals surface area contributed by atoms with E-state index in [4.69, 9.17) is 0 Å². The van der Waals surface area contributed by atoms with Crippen molar-refractivity contribution in [1.82, 2.24) is 15.6 Å². The smallest absolute Gasteiger partial charge is 0.191 e. The van der Waals surface area contributed by atoms with Gasteiger partial charge in [-0.3, -0.25) is 9.98 Å². The maximum absolute atomic E-state index is 4.37. The molecule has 144 valence electrons. The third-order valence-electron chi connectivity index (χ3n) is 4.74. The number of aliphatic imine (C=N–C) groups is 1. The molecule has 1 unspecified atom stereocenters. The molecule has 0 fully saturated rings. The number of aromatic nitrogens is 1. The van der Waals surface area contributed by atoms with Crippen LogP contribution >= 0.6 is 0 Å². The lowest BCUT2D eigenvalue weighted by Gasteiger charge is -2.20. The molecule has 1 aromatic heterocycles. The van der Waals surface area contributed by atoms with Gasteiger partial charge in [-0.2, -0.15) is 0 Å². The van der Waals surface area contributed by atoms with Crippen LogP contribution in [-0.2, 0) is 12.8 Å². The van der Waals surface area contributed by atoms with E-state index >= 15 is 0 Å². The summed E-state index contributed by atoms with van der Waals surface area (Å²) >= 11 is 0. The summed E-state index contributed by atoms with van der Waals surface area (Å²) < 4.78 is 0. The van der Waals surface area contributed by atoms with E-state index in [2.05, 4.69) is 81.3 Å². The fraction of sp³-hybridized carbons (Fsp3) is 0.250. The zero-order valence-electron chi connectivity index (χ0n) is 16.4. The van der Waals surface area contributed by atoms with E-state index in [0.717, 1.165) is 37.6 Å². The number of guanidine groups is 1. The van der Waals surface area contributed by atoms with Crippen molar-refractivity contribution in [3.63, 3.8) is 0 Å². The third-order valence-corrected chi connectivity index (χ3v) is 4.74. The fourth-order valence-electron chi connectivity index (χ4n) is 3.23. The van der Waals surface area contributed by atoms with Gasteiger partial charge in [-0.25, -0.2) is 0 Å². The van der Waals surface area contributed by atoms with E-state index < -0.39 is 0 Å². The van der Waals surface area contributed by atoms with Crippen LogP contribution in [-0.4, -0.2) is 31.1 Å². The van der Waals surface area contributed by atoms with Crippen LogP contribution in [0.2, 0.25) is 0 Å². The molecule has 2 N–H and O–H groups in total. The van der Waals surface area contributed by atoms with E-state index in [9.17, 15) is 0 Å². The lowest BCUT2D eigenvalue weighted by molar-refractivity contribution is 0.644. The molecule has 2 aromatic carbocycles. The fourth-order valence-corrected chi connectivity index (χ4v) is 3.23. The Hall–Kier alpha value is -3.14. The molecule has 1 atom stereocenters. The van der Waals surface area contributed by atoms with Gasteiger partial charge in [0.15, 0.2) is 5.96 Å². The maximum Gasteiger partial charge on any atom is 0.191 e. The summed E-state index contributed by atoms with van der Waals surface area (Å²) in [7, 11) is 1.81. The van der Waals surface area contributed by atoms with Crippen molar-refractivity contribution in [2.75, 3.05) is 20.1 Å². The number of nitrogens with zero attached hydrogens (tertiary/aromatic N) is 2.